The molecule has 86 valence electrons. The molecule has 0 aliphatic carbocycles. The van der Waals surface area contributed by atoms with Crippen LogP contribution in [-0.4, -0.2) is 12.5 Å². The Morgan fingerprint density at radius 1 is 0.941 bits per heavy atom. The van der Waals surface area contributed by atoms with Crippen LogP contribution in [0.4, 0.5) is 0 Å². The Balaban J connectivity index is 2.11. The van der Waals surface area contributed by atoms with E-state index in [2.05, 4.69) is 52.9 Å². The average Bonchev–Trinajstić information content (AvgIpc) is 2.41. The molecule has 1 nitrogen and oxygen atoms in total. The highest BCUT2D eigenvalue weighted by Crippen LogP contribution is 2.19. The molecule has 0 unspecified atom stereocenters. The quantitative estimate of drug-likeness (QED) is 0.576. The third-order valence-electron chi connectivity index (χ3n) is 2.57. The summed E-state index contributed by atoms with van der Waals surface area (Å²) in [5, 5.41) is 0. The Morgan fingerprint density at radius 2 is 1.59 bits per heavy atom. The molecule has 0 aromatic heterocycles. The second-order valence-corrected chi connectivity index (χ2v) is 4.31. The van der Waals surface area contributed by atoms with Gasteiger partial charge in [0.05, 0.1) is 0 Å². The van der Waals surface area contributed by atoms with Crippen LogP contribution in [0.3, 0.4) is 0 Å². The molecule has 2 aromatic carbocycles. The standard InChI is InChI=1S/C15H15NS/c1-17-16-12-11-13-7-9-15(10-8-13)14-5-3-2-4-6-14/h2-10,12H,11H2,1H3/b16-12+. The Bertz CT molecular complexity index is 474. The van der Waals surface area contributed by atoms with Crippen molar-refractivity contribution in [3.8, 4) is 11.1 Å². The predicted octanol–water partition coefficient (Wildman–Crippen LogP) is 4.24. The Hall–Kier alpha value is -1.54. The molecule has 0 spiro atoms. The number of hydrogen-bond donors (Lipinski definition) is 0. The van der Waals surface area contributed by atoms with Crippen molar-refractivity contribution in [2.24, 2.45) is 4.40 Å². The van der Waals surface area contributed by atoms with Crippen LogP contribution >= 0.6 is 11.9 Å². The van der Waals surface area contributed by atoms with Crippen molar-refractivity contribution in [1.29, 1.82) is 0 Å². The second kappa shape index (κ2) is 6.26. The maximum absolute atomic E-state index is 4.14. The molecular weight excluding hydrogens is 226 g/mol. The summed E-state index contributed by atoms with van der Waals surface area (Å²) in [4.78, 5) is 0. The third kappa shape index (κ3) is 3.46. The Morgan fingerprint density at radius 3 is 2.24 bits per heavy atom. The molecule has 0 aliphatic rings. The van der Waals surface area contributed by atoms with E-state index in [4.69, 9.17) is 0 Å². The van der Waals surface area contributed by atoms with Gasteiger partial charge >= 0.3 is 0 Å². The average molecular weight is 241 g/mol. The molecule has 0 bridgehead atoms. The third-order valence-corrected chi connectivity index (χ3v) is 2.93. The lowest BCUT2D eigenvalue weighted by Crippen LogP contribution is -1.85. The fourth-order valence-electron chi connectivity index (χ4n) is 1.68. The first-order valence-corrected chi connectivity index (χ1v) is 6.77. The zero-order chi connectivity index (χ0) is 11.9. The molecule has 0 N–H and O–H groups in total. The first-order valence-electron chi connectivity index (χ1n) is 5.59. The van der Waals surface area contributed by atoms with Gasteiger partial charge in [-0.3, -0.25) is 0 Å². The highest BCUT2D eigenvalue weighted by Gasteiger charge is 1.96. The predicted molar refractivity (Wildman–Crippen MR) is 77.6 cm³/mol. The van der Waals surface area contributed by atoms with Crippen LogP contribution in [0, 0.1) is 0 Å². The van der Waals surface area contributed by atoms with E-state index in [1.54, 1.807) is 0 Å². The van der Waals surface area contributed by atoms with Crippen LogP contribution in [0.2, 0.25) is 0 Å². The van der Waals surface area contributed by atoms with Gasteiger partial charge in [0.2, 0.25) is 0 Å². The van der Waals surface area contributed by atoms with Crippen LogP contribution in [0.1, 0.15) is 5.56 Å². The lowest BCUT2D eigenvalue weighted by atomic mass is 10.0. The minimum absolute atomic E-state index is 0.899. The van der Waals surface area contributed by atoms with E-state index in [1.807, 2.05) is 18.5 Å². The van der Waals surface area contributed by atoms with E-state index in [-0.39, 0.29) is 0 Å². The fourth-order valence-corrected chi connectivity index (χ4v) is 1.90. The molecule has 0 fully saturated rings. The number of nitrogens with zero attached hydrogens (tertiary/aromatic N) is 1. The molecule has 0 saturated heterocycles. The molecule has 0 aliphatic heterocycles. The van der Waals surface area contributed by atoms with Gasteiger partial charge in [-0.05, 0) is 28.6 Å². The van der Waals surface area contributed by atoms with Gasteiger partial charge in [-0.25, -0.2) is 4.40 Å². The summed E-state index contributed by atoms with van der Waals surface area (Å²) in [6.07, 6.45) is 4.81. The summed E-state index contributed by atoms with van der Waals surface area (Å²) in [5.41, 5.74) is 3.82. The van der Waals surface area contributed by atoms with Gasteiger partial charge in [-0.2, -0.15) is 0 Å². The summed E-state index contributed by atoms with van der Waals surface area (Å²) in [6.45, 7) is 0. The van der Waals surface area contributed by atoms with Crippen LogP contribution < -0.4 is 0 Å². The minimum Gasteiger partial charge on any atom is -0.229 e. The Labute approximate surface area is 107 Å². The SMILES string of the molecule is CS/N=C/Cc1ccc(-c2ccccc2)cc1. The molecule has 2 rings (SSSR count). The molecular formula is C15H15NS. The zero-order valence-corrected chi connectivity index (χ0v) is 10.7. The normalized spacial score (nSPS) is 10.9. The number of benzene rings is 2. The highest BCUT2D eigenvalue weighted by molar-refractivity contribution is 7.97. The van der Waals surface area contributed by atoms with E-state index in [1.165, 1.54) is 28.6 Å². The van der Waals surface area contributed by atoms with Gasteiger partial charge in [0.25, 0.3) is 0 Å². The van der Waals surface area contributed by atoms with Gasteiger partial charge in [0, 0.05) is 18.9 Å². The number of rotatable bonds is 4. The van der Waals surface area contributed by atoms with Gasteiger partial charge < -0.3 is 0 Å². The van der Waals surface area contributed by atoms with Crippen LogP contribution in [0.5, 0.6) is 0 Å². The molecule has 0 saturated carbocycles. The van der Waals surface area contributed by atoms with Crippen molar-refractivity contribution in [3.05, 3.63) is 60.2 Å². The summed E-state index contributed by atoms with van der Waals surface area (Å²) >= 11 is 1.49. The lowest BCUT2D eigenvalue weighted by Gasteiger charge is -2.02. The van der Waals surface area contributed by atoms with Crippen molar-refractivity contribution in [1.82, 2.24) is 0 Å². The van der Waals surface area contributed by atoms with Crippen LogP contribution in [-0.2, 0) is 6.42 Å². The van der Waals surface area contributed by atoms with Gasteiger partial charge in [0.1, 0.15) is 0 Å². The molecule has 0 heterocycles. The Kier molecular flexibility index (Phi) is 4.39. The zero-order valence-electron chi connectivity index (χ0n) is 9.84. The molecule has 0 amide bonds. The topological polar surface area (TPSA) is 12.4 Å². The van der Waals surface area contributed by atoms with Gasteiger partial charge in [-0.1, -0.05) is 54.6 Å². The van der Waals surface area contributed by atoms with Crippen molar-refractivity contribution in [2.75, 3.05) is 6.26 Å². The van der Waals surface area contributed by atoms with Crippen molar-refractivity contribution in [2.45, 2.75) is 6.42 Å². The first-order chi connectivity index (χ1) is 8.40. The van der Waals surface area contributed by atoms with E-state index >= 15 is 0 Å². The molecule has 0 atom stereocenters. The van der Waals surface area contributed by atoms with Gasteiger partial charge in [-0.15, -0.1) is 0 Å². The van der Waals surface area contributed by atoms with Crippen LogP contribution in [0.25, 0.3) is 11.1 Å². The maximum atomic E-state index is 4.14. The molecule has 2 heteroatoms. The van der Waals surface area contributed by atoms with Crippen molar-refractivity contribution in [3.63, 3.8) is 0 Å². The molecule has 0 radical (unpaired) electrons. The van der Waals surface area contributed by atoms with Crippen LogP contribution in [0.15, 0.2) is 59.0 Å². The monoisotopic (exact) mass is 241 g/mol. The molecule has 17 heavy (non-hydrogen) atoms. The van der Waals surface area contributed by atoms with Crippen molar-refractivity contribution < 1.29 is 0 Å². The summed E-state index contributed by atoms with van der Waals surface area (Å²) in [5.74, 6) is 0. The largest absolute Gasteiger partial charge is 0.229 e. The minimum atomic E-state index is 0.899. The molecule has 2 aromatic rings. The van der Waals surface area contributed by atoms with Gasteiger partial charge in [0.15, 0.2) is 0 Å². The summed E-state index contributed by atoms with van der Waals surface area (Å²) in [6, 6.07) is 19.1. The highest BCUT2D eigenvalue weighted by atomic mass is 32.2. The van der Waals surface area contributed by atoms with Crippen molar-refractivity contribution >= 4 is 18.2 Å². The van der Waals surface area contributed by atoms with E-state index in [0.717, 1.165) is 6.42 Å². The second-order valence-electron chi connectivity index (χ2n) is 3.74. The smallest absolute Gasteiger partial charge is 0.0169 e. The summed E-state index contributed by atoms with van der Waals surface area (Å²) < 4.78 is 4.14. The van der Waals surface area contributed by atoms with E-state index in [0.29, 0.717) is 0 Å². The lowest BCUT2D eigenvalue weighted by molar-refractivity contribution is 1.36. The first kappa shape index (κ1) is 11.9. The van der Waals surface area contributed by atoms with E-state index in [9.17, 15) is 0 Å². The maximum Gasteiger partial charge on any atom is 0.0169 e. The summed E-state index contributed by atoms with van der Waals surface area (Å²) in [7, 11) is 0. The number of hydrogen-bond acceptors (Lipinski definition) is 2. The fraction of sp³-hybridized carbons (Fsp3) is 0.133. The van der Waals surface area contributed by atoms with E-state index < -0.39 is 0 Å².